The third-order valence-corrected chi connectivity index (χ3v) is 22.4. The van der Waals surface area contributed by atoms with Gasteiger partial charge in [0.05, 0.1) is 18.5 Å². The summed E-state index contributed by atoms with van der Waals surface area (Å²) in [5.41, 5.74) is 21.8. The van der Waals surface area contributed by atoms with Gasteiger partial charge in [0.15, 0.2) is 5.71 Å². The molecule has 100 heavy (non-hydrogen) atoms. The molecule has 0 spiro atoms. The van der Waals surface area contributed by atoms with Gasteiger partial charge in [-0.2, -0.15) is 4.58 Å². The fourth-order valence-corrected chi connectivity index (χ4v) is 16.5. The highest BCUT2D eigenvalue weighted by Crippen LogP contribution is 2.52. The molecule has 4 aliphatic rings. The molecule has 1 N–H and O–H groups in total. The van der Waals surface area contributed by atoms with Crippen LogP contribution in [0.15, 0.2) is 240 Å². The molecule has 0 amide bonds. The van der Waals surface area contributed by atoms with Gasteiger partial charge in [-0.1, -0.05) is 192 Å². The maximum absolute atomic E-state index is 7.37. The first-order valence-electron chi connectivity index (χ1n) is 38.5. The van der Waals surface area contributed by atoms with Crippen LogP contribution in [0.4, 0.5) is 28.4 Å². The number of nitrogens with zero attached hydrogens (tertiary/aromatic N) is 5. The van der Waals surface area contributed by atoms with Gasteiger partial charge in [-0.15, -0.1) is 0 Å². The van der Waals surface area contributed by atoms with Crippen LogP contribution in [0.25, 0.3) is 32.7 Å². The zero-order valence-electron chi connectivity index (χ0n) is 63.3. The van der Waals surface area contributed by atoms with Crippen LogP contribution in [0.1, 0.15) is 183 Å². The molecule has 6 nitrogen and oxygen atoms in total. The van der Waals surface area contributed by atoms with E-state index in [9.17, 15) is 0 Å². The third kappa shape index (κ3) is 16.4. The summed E-state index contributed by atoms with van der Waals surface area (Å²) in [7, 11) is 0. The van der Waals surface area contributed by atoms with Crippen molar-refractivity contribution in [1.29, 1.82) is 0 Å². The Morgan fingerprint density at radius 2 is 1.07 bits per heavy atom. The van der Waals surface area contributed by atoms with Crippen molar-refractivity contribution in [1.82, 2.24) is 0 Å². The zero-order chi connectivity index (χ0) is 70.9. The van der Waals surface area contributed by atoms with Crippen LogP contribution in [0.2, 0.25) is 0 Å². The van der Waals surface area contributed by atoms with Crippen LogP contribution in [-0.4, -0.2) is 81.8 Å². The Balaban J connectivity index is 0.000000216. The van der Waals surface area contributed by atoms with Gasteiger partial charge in [-0.25, -0.2) is 0 Å². The first-order valence-corrected chi connectivity index (χ1v) is 38.9. The van der Waals surface area contributed by atoms with Gasteiger partial charge in [0.1, 0.15) is 12.6 Å². The standard InChI is InChI=1S/C48H56ClN2.C45H60N4/c1-7-9-15-32-50-40-28-24-34-18-11-13-22-38(34)44(40)47(3,4)42(50)30-26-36-20-17-21-37(46(36)49)27-31-43-48(5,6)45-39-23-14-12-19-35(39)25-29-41(45)51(43)33-16-10-8-2;1-9-46(10-2)40-28-20-36(21-29-40)44(37-22-30-41(31-23-37)47(11-3)12-4)18-17-19-45(38-24-32-42(33-25-38)48(13-5)14-6)39-26-34-43(35-27-39)49(15-7)16-8/h11-14,18-19,22-31H,7-10,15-17,20-21,32-33H2,1-6H3;17-35,40H,9-16H2,1-8H3/q+1;/p+1. The predicted octanol–water partition coefficient (Wildman–Crippen LogP) is 22.7. The first-order chi connectivity index (χ1) is 48.6. The van der Waals surface area contributed by atoms with Gasteiger partial charge in [0.2, 0.25) is 5.69 Å². The molecule has 7 aromatic carbocycles. The van der Waals surface area contributed by atoms with E-state index in [0.29, 0.717) is 6.04 Å². The van der Waals surface area contributed by atoms with E-state index >= 15 is 0 Å². The van der Waals surface area contributed by atoms with Gasteiger partial charge < -0.3 is 24.5 Å². The highest BCUT2D eigenvalue weighted by Gasteiger charge is 2.46. The fraction of sp³-hybridized carbons (Fsp3) is 0.387. The molecule has 0 atom stereocenters. The van der Waals surface area contributed by atoms with E-state index in [4.69, 9.17) is 11.6 Å². The molecule has 7 aromatic rings. The Hall–Kier alpha value is -8.16. The lowest BCUT2D eigenvalue weighted by Gasteiger charge is -2.27. The molecule has 0 unspecified atom stereocenters. The molecular weight excluding hydrogens is 1240 g/mol. The highest BCUT2D eigenvalue weighted by atomic mass is 35.5. The molecule has 0 radical (unpaired) electrons. The minimum Gasteiger partial charge on any atom is -0.372 e. The molecule has 2 aliphatic carbocycles. The second-order valence-corrected chi connectivity index (χ2v) is 28.9. The molecule has 0 fully saturated rings. The average molecular weight is 1350 g/mol. The number of unbranched alkanes of at least 4 members (excludes halogenated alkanes) is 4. The molecular formula is C93H117ClN6+2. The van der Waals surface area contributed by atoms with Crippen molar-refractivity contribution < 1.29 is 9.48 Å². The minimum absolute atomic E-state index is 0.113. The number of hydrogen-bond acceptors (Lipinski definition) is 4. The Kier molecular flexibility index (Phi) is 26.0. The molecule has 2 heterocycles. The van der Waals surface area contributed by atoms with Crippen LogP contribution in [0, 0.1) is 0 Å². The van der Waals surface area contributed by atoms with Gasteiger partial charge in [0.25, 0.3) is 0 Å². The zero-order valence-corrected chi connectivity index (χ0v) is 64.1. The molecule has 524 valence electrons. The van der Waals surface area contributed by atoms with Crippen molar-refractivity contribution in [3.05, 3.63) is 268 Å². The first kappa shape index (κ1) is 74.5. The van der Waals surface area contributed by atoms with E-state index in [-0.39, 0.29) is 10.8 Å². The number of rotatable bonds is 28. The third-order valence-electron chi connectivity index (χ3n) is 21.9. The lowest BCUT2D eigenvalue weighted by molar-refractivity contribution is -0.908. The summed E-state index contributed by atoms with van der Waals surface area (Å²) in [6.07, 6.45) is 36.2. The maximum atomic E-state index is 7.37. The minimum atomic E-state index is -0.113. The number of halogens is 1. The quantitative estimate of drug-likeness (QED) is 0.0299. The smallest absolute Gasteiger partial charge is 0.210 e. The number of nitrogens with one attached hydrogen (secondary N) is 1. The summed E-state index contributed by atoms with van der Waals surface area (Å²) < 4.78 is 2.60. The second kappa shape index (κ2) is 34.9. The molecule has 0 saturated carbocycles. The molecule has 0 aromatic heterocycles. The summed E-state index contributed by atoms with van der Waals surface area (Å²) in [6, 6.07) is 54.8. The predicted molar refractivity (Wildman–Crippen MR) is 439 cm³/mol. The second-order valence-electron chi connectivity index (χ2n) is 28.6. The van der Waals surface area contributed by atoms with Crippen molar-refractivity contribution in [2.45, 2.75) is 172 Å². The van der Waals surface area contributed by atoms with Crippen molar-refractivity contribution in [3.8, 4) is 0 Å². The molecule has 11 rings (SSSR count). The summed E-state index contributed by atoms with van der Waals surface area (Å²) in [6.45, 7) is 42.4. The van der Waals surface area contributed by atoms with Crippen molar-refractivity contribution in [2.75, 3.05) is 85.0 Å². The summed E-state index contributed by atoms with van der Waals surface area (Å²) in [5.74, 6) is 0. The summed E-state index contributed by atoms with van der Waals surface area (Å²) in [4.78, 5) is 11.4. The number of quaternary nitrogens is 1. The van der Waals surface area contributed by atoms with E-state index < -0.39 is 0 Å². The van der Waals surface area contributed by atoms with Crippen molar-refractivity contribution in [3.63, 3.8) is 0 Å². The topological polar surface area (TPSA) is 20.4 Å². The number of fused-ring (bicyclic) bond motifs is 6. The van der Waals surface area contributed by atoms with Crippen LogP contribution >= 0.6 is 11.6 Å². The fourth-order valence-electron chi connectivity index (χ4n) is 16.1. The van der Waals surface area contributed by atoms with E-state index in [1.54, 1.807) is 4.90 Å². The Morgan fingerprint density at radius 1 is 0.550 bits per heavy atom. The van der Waals surface area contributed by atoms with Gasteiger partial charge in [0, 0.05) is 109 Å². The Morgan fingerprint density at radius 3 is 1.61 bits per heavy atom. The van der Waals surface area contributed by atoms with Crippen LogP contribution < -0.4 is 24.5 Å². The van der Waals surface area contributed by atoms with Crippen molar-refractivity contribution >= 4 is 78.4 Å². The van der Waals surface area contributed by atoms with E-state index in [2.05, 4.69) is 334 Å². The highest BCUT2D eigenvalue weighted by molar-refractivity contribution is 6.32. The number of hydrogen-bond donors (Lipinski definition) is 1. The maximum Gasteiger partial charge on any atom is 0.210 e. The average Bonchev–Trinajstić information content (AvgIpc) is 1.58. The Bertz CT molecular complexity index is 4160. The van der Waals surface area contributed by atoms with Crippen molar-refractivity contribution in [2.24, 2.45) is 0 Å². The van der Waals surface area contributed by atoms with Crippen LogP contribution in [-0.2, 0) is 10.8 Å². The number of likely N-dealkylation sites (N-methyl/N-ethyl adjacent to an activating group) is 1. The lowest BCUT2D eigenvalue weighted by Crippen LogP contribution is -3.14. The summed E-state index contributed by atoms with van der Waals surface area (Å²) in [5, 5.41) is 6.30. The number of anilines is 4. The lowest BCUT2D eigenvalue weighted by atomic mass is 9.78. The Labute approximate surface area is 608 Å². The normalized spacial score (nSPS) is 17.0. The van der Waals surface area contributed by atoms with E-state index in [1.807, 2.05) is 0 Å². The summed E-state index contributed by atoms with van der Waals surface area (Å²) >= 11 is 7.37. The number of benzene rings is 7. The van der Waals surface area contributed by atoms with Gasteiger partial charge in [-0.05, 0) is 240 Å². The molecule has 0 saturated heterocycles. The van der Waals surface area contributed by atoms with E-state index in [0.717, 1.165) is 89.7 Å². The van der Waals surface area contributed by atoms with Gasteiger partial charge >= 0.3 is 0 Å². The SMILES string of the molecule is CCCCCN1/C(=C\C=C2CCCC(/C=C/C3=[N+](CCCCC)c4ccc5ccccc5c4C3(C)C)=C2Cl)C(C)(C)c2c1ccc1ccccc21.CCN(CC)c1ccc(C(=CC=CC(=C2C=CC([NH+](CC)CC)C=C2)c2ccc(N(CC)CC)cc2)c2ccc(N(CC)CC)cc2)cc1. The molecule has 0 bridgehead atoms. The monoisotopic (exact) mass is 1350 g/mol. The molecule has 2 aliphatic heterocycles. The largest absolute Gasteiger partial charge is 0.372 e. The van der Waals surface area contributed by atoms with Crippen LogP contribution in [0.3, 0.4) is 0 Å². The number of allylic oxidation sites excluding steroid dienone is 15. The molecule has 7 heteroatoms. The van der Waals surface area contributed by atoms with Gasteiger partial charge in [-0.3, -0.25) is 0 Å². The van der Waals surface area contributed by atoms with E-state index in [1.165, 1.54) is 156 Å². The van der Waals surface area contributed by atoms with Crippen LogP contribution in [0.5, 0.6) is 0 Å².